The Morgan fingerprint density at radius 3 is 2.66 bits per heavy atom. The lowest BCUT2D eigenvalue weighted by Gasteiger charge is -2.27. The molecule has 0 saturated carbocycles. The molecule has 2 aromatic carbocycles. The number of carbonyl (C=O) groups excluding carboxylic acids is 2. The smallest absolute Gasteiger partial charge is 0.287 e. The maximum absolute atomic E-state index is 14.5. The van der Waals surface area contributed by atoms with Crippen LogP contribution in [0.1, 0.15) is 16.2 Å². The molecule has 13 heteroatoms. The number of benzene rings is 2. The quantitative estimate of drug-likeness (QED) is 0.437. The highest BCUT2D eigenvalue weighted by atomic mass is 35.5. The summed E-state index contributed by atoms with van der Waals surface area (Å²) in [6.45, 7) is -0.272. The number of carbonyl (C=O) groups is 2. The van der Waals surface area contributed by atoms with Crippen LogP contribution < -0.4 is 21.3 Å². The van der Waals surface area contributed by atoms with Crippen molar-refractivity contribution in [3.8, 4) is 5.75 Å². The van der Waals surface area contributed by atoms with Crippen molar-refractivity contribution in [2.45, 2.75) is 18.8 Å². The Labute approximate surface area is 201 Å². The van der Waals surface area contributed by atoms with E-state index in [2.05, 4.69) is 15.3 Å². The van der Waals surface area contributed by atoms with E-state index in [9.17, 15) is 23.2 Å². The minimum atomic E-state index is -0.878. The SMILES string of the molecule is NC(=O)C1COC(COc2c(F)ccc3nc(C(=O)NCc4ccc(F)c(Cl)c4)[nH]c(=O)c23)CO1. The minimum absolute atomic E-state index is 0.00156. The van der Waals surface area contributed by atoms with Gasteiger partial charge in [-0.25, -0.2) is 13.8 Å². The van der Waals surface area contributed by atoms with Gasteiger partial charge in [0.15, 0.2) is 23.5 Å². The summed E-state index contributed by atoms with van der Waals surface area (Å²) in [5.41, 5.74) is 4.91. The summed E-state index contributed by atoms with van der Waals surface area (Å²) in [4.78, 5) is 42.8. The number of amides is 2. The van der Waals surface area contributed by atoms with Crippen molar-refractivity contribution < 1.29 is 32.6 Å². The Morgan fingerprint density at radius 1 is 1.20 bits per heavy atom. The van der Waals surface area contributed by atoms with Crippen molar-refractivity contribution >= 4 is 34.3 Å². The van der Waals surface area contributed by atoms with E-state index in [4.69, 9.17) is 31.5 Å². The highest BCUT2D eigenvalue weighted by Crippen LogP contribution is 2.26. The van der Waals surface area contributed by atoms with E-state index in [0.29, 0.717) is 5.56 Å². The van der Waals surface area contributed by atoms with Crippen molar-refractivity contribution in [1.29, 1.82) is 0 Å². The average molecular weight is 509 g/mol. The van der Waals surface area contributed by atoms with E-state index in [1.54, 1.807) is 0 Å². The van der Waals surface area contributed by atoms with Gasteiger partial charge in [0.2, 0.25) is 5.91 Å². The molecule has 0 spiro atoms. The van der Waals surface area contributed by atoms with Gasteiger partial charge in [-0.1, -0.05) is 17.7 Å². The third-order valence-corrected chi connectivity index (χ3v) is 5.42. The van der Waals surface area contributed by atoms with Crippen LogP contribution in [0.5, 0.6) is 5.75 Å². The summed E-state index contributed by atoms with van der Waals surface area (Å²) < 4.78 is 44.0. The molecule has 2 atom stereocenters. The number of hydrogen-bond acceptors (Lipinski definition) is 7. The van der Waals surface area contributed by atoms with Crippen molar-refractivity contribution in [3.63, 3.8) is 0 Å². The first-order chi connectivity index (χ1) is 16.7. The highest BCUT2D eigenvalue weighted by molar-refractivity contribution is 6.30. The zero-order chi connectivity index (χ0) is 25.1. The summed E-state index contributed by atoms with van der Waals surface area (Å²) >= 11 is 5.73. The molecular formula is C22H19ClF2N4O6. The molecule has 2 amide bonds. The van der Waals surface area contributed by atoms with Crippen LogP contribution in [0, 0.1) is 11.6 Å². The predicted octanol–water partition coefficient (Wildman–Crippen LogP) is 1.43. The molecule has 2 heterocycles. The number of primary amides is 1. The fourth-order valence-corrected chi connectivity index (χ4v) is 3.53. The average Bonchev–Trinajstić information content (AvgIpc) is 2.84. The molecule has 10 nitrogen and oxygen atoms in total. The number of aromatic amines is 1. The largest absolute Gasteiger partial charge is 0.487 e. The molecule has 1 saturated heterocycles. The van der Waals surface area contributed by atoms with Crippen LogP contribution in [-0.2, 0) is 20.8 Å². The van der Waals surface area contributed by atoms with Crippen molar-refractivity contribution in [2.24, 2.45) is 5.73 Å². The zero-order valence-electron chi connectivity index (χ0n) is 18.0. The van der Waals surface area contributed by atoms with Gasteiger partial charge >= 0.3 is 0 Å². The number of rotatable bonds is 7. The van der Waals surface area contributed by atoms with Gasteiger partial charge in [0.1, 0.15) is 23.9 Å². The first-order valence-corrected chi connectivity index (χ1v) is 10.7. The first-order valence-electron chi connectivity index (χ1n) is 10.3. The molecule has 0 radical (unpaired) electrons. The van der Waals surface area contributed by atoms with Gasteiger partial charge in [0, 0.05) is 6.54 Å². The second-order valence-corrected chi connectivity index (χ2v) is 8.01. The molecule has 4 rings (SSSR count). The predicted molar refractivity (Wildman–Crippen MR) is 119 cm³/mol. The summed E-state index contributed by atoms with van der Waals surface area (Å²) in [6.07, 6.45) is -1.51. The number of H-pyrrole nitrogens is 1. The van der Waals surface area contributed by atoms with Gasteiger partial charge in [0.25, 0.3) is 11.5 Å². The molecule has 1 aliphatic heterocycles. The van der Waals surface area contributed by atoms with Crippen LogP contribution in [0.3, 0.4) is 0 Å². The Balaban J connectivity index is 1.48. The van der Waals surface area contributed by atoms with Gasteiger partial charge in [-0.05, 0) is 29.8 Å². The lowest BCUT2D eigenvalue weighted by atomic mass is 10.2. The maximum atomic E-state index is 14.5. The van der Waals surface area contributed by atoms with Crippen LogP contribution >= 0.6 is 11.6 Å². The van der Waals surface area contributed by atoms with Crippen LogP contribution in [0.4, 0.5) is 8.78 Å². The van der Waals surface area contributed by atoms with E-state index < -0.39 is 41.2 Å². The summed E-state index contributed by atoms with van der Waals surface area (Å²) in [5, 5.41) is 2.25. The van der Waals surface area contributed by atoms with Crippen molar-refractivity contribution in [1.82, 2.24) is 15.3 Å². The first kappa shape index (κ1) is 24.5. The summed E-state index contributed by atoms with van der Waals surface area (Å²) in [7, 11) is 0. The standard InChI is InChI=1S/C22H19ClF2N4O6/c23-12-5-10(1-2-13(12)24)6-27-22(32)20-28-15-4-3-14(25)18(17(15)21(31)29-20)35-8-11-7-34-16(9-33-11)19(26)30/h1-5,11,16H,6-9H2,(H2,26,30)(H,27,32)(H,28,29,31). The summed E-state index contributed by atoms with van der Waals surface area (Å²) in [6, 6.07) is 6.25. The number of nitrogens with one attached hydrogen (secondary N) is 2. The second-order valence-electron chi connectivity index (χ2n) is 7.61. The van der Waals surface area contributed by atoms with Gasteiger partial charge in [-0.15, -0.1) is 0 Å². The van der Waals surface area contributed by atoms with Crippen LogP contribution in [-0.4, -0.2) is 53.8 Å². The Morgan fingerprint density at radius 2 is 1.97 bits per heavy atom. The molecule has 0 bridgehead atoms. The topological polar surface area (TPSA) is 146 Å². The van der Waals surface area contributed by atoms with E-state index in [0.717, 1.165) is 12.1 Å². The molecule has 4 N–H and O–H groups in total. The van der Waals surface area contributed by atoms with Gasteiger partial charge < -0.3 is 30.2 Å². The lowest BCUT2D eigenvalue weighted by molar-refractivity contribution is -0.161. The van der Waals surface area contributed by atoms with Gasteiger partial charge in [-0.2, -0.15) is 0 Å². The minimum Gasteiger partial charge on any atom is -0.487 e. The molecular weight excluding hydrogens is 490 g/mol. The third-order valence-electron chi connectivity index (χ3n) is 5.13. The molecule has 184 valence electrons. The van der Waals surface area contributed by atoms with Crippen molar-refractivity contribution in [2.75, 3.05) is 19.8 Å². The number of fused-ring (bicyclic) bond motifs is 1. The molecule has 1 fully saturated rings. The number of ether oxygens (including phenoxy) is 3. The molecule has 1 aliphatic rings. The van der Waals surface area contributed by atoms with Gasteiger partial charge in [-0.3, -0.25) is 14.4 Å². The second kappa shape index (κ2) is 10.3. The van der Waals surface area contributed by atoms with Crippen LogP contribution in [0.2, 0.25) is 5.02 Å². The molecule has 0 aliphatic carbocycles. The zero-order valence-corrected chi connectivity index (χ0v) is 18.7. The third kappa shape index (κ3) is 5.56. The fourth-order valence-electron chi connectivity index (χ4n) is 3.32. The fraction of sp³-hybridized carbons (Fsp3) is 0.273. The van der Waals surface area contributed by atoms with Crippen LogP contribution in [0.15, 0.2) is 35.1 Å². The molecule has 2 unspecified atom stereocenters. The highest BCUT2D eigenvalue weighted by Gasteiger charge is 2.27. The lowest BCUT2D eigenvalue weighted by Crippen LogP contribution is -2.45. The normalized spacial score (nSPS) is 17.8. The van der Waals surface area contributed by atoms with E-state index in [1.807, 2.05) is 0 Å². The number of nitrogens with zero attached hydrogens (tertiary/aromatic N) is 1. The number of halogens is 3. The van der Waals surface area contributed by atoms with Crippen LogP contribution in [0.25, 0.3) is 10.9 Å². The Kier molecular flexibility index (Phi) is 7.24. The molecule has 1 aromatic heterocycles. The van der Waals surface area contributed by atoms with E-state index in [1.165, 1.54) is 18.2 Å². The Hall–Kier alpha value is -3.61. The number of aromatic nitrogens is 2. The van der Waals surface area contributed by atoms with Crippen molar-refractivity contribution in [3.05, 3.63) is 68.7 Å². The number of hydrogen-bond donors (Lipinski definition) is 3. The summed E-state index contributed by atoms with van der Waals surface area (Å²) in [5.74, 6) is -3.47. The number of nitrogens with two attached hydrogens (primary N) is 1. The van der Waals surface area contributed by atoms with E-state index >= 15 is 0 Å². The monoisotopic (exact) mass is 508 g/mol. The van der Waals surface area contributed by atoms with E-state index in [-0.39, 0.29) is 53.9 Å². The maximum Gasteiger partial charge on any atom is 0.287 e. The molecule has 35 heavy (non-hydrogen) atoms. The Bertz CT molecular complexity index is 1340. The molecule has 3 aromatic rings. The van der Waals surface area contributed by atoms with Gasteiger partial charge in [0.05, 0.1) is 23.8 Å².